The van der Waals surface area contributed by atoms with E-state index in [4.69, 9.17) is 4.84 Å². The number of hydrogen-bond donors (Lipinski definition) is 0. The van der Waals surface area contributed by atoms with Crippen LogP contribution in [0.15, 0.2) is 36.7 Å². The zero-order valence-corrected chi connectivity index (χ0v) is 12.7. The molecule has 1 aromatic carbocycles. The molecule has 0 aliphatic carbocycles. The quantitative estimate of drug-likeness (QED) is 0.802. The average Bonchev–Trinajstić information content (AvgIpc) is 3.06. The van der Waals surface area contributed by atoms with Crippen molar-refractivity contribution in [2.75, 3.05) is 0 Å². The van der Waals surface area contributed by atoms with Crippen LogP contribution in [-0.4, -0.2) is 32.6 Å². The van der Waals surface area contributed by atoms with E-state index in [9.17, 15) is 14.4 Å². The maximum absolute atomic E-state index is 12.1. The first kappa shape index (κ1) is 15.0. The van der Waals surface area contributed by atoms with E-state index in [1.54, 1.807) is 36.3 Å². The van der Waals surface area contributed by atoms with Crippen molar-refractivity contribution in [3.63, 3.8) is 0 Å². The highest BCUT2D eigenvalue weighted by atomic mass is 16.7. The minimum absolute atomic E-state index is 0.0408. The van der Waals surface area contributed by atoms with Gasteiger partial charge in [0.2, 0.25) is 0 Å². The minimum Gasteiger partial charge on any atom is -0.330 e. The van der Waals surface area contributed by atoms with Crippen LogP contribution in [0.2, 0.25) is 0 Å². The van der Waals surface area contributed by atoms with Crippen LogP contribution in [-0.2, 0) is 16.7 Å². The Balaban J connectivity index is 1.67. The monoisotopic (exact) mass is 313 g/mol. The first-order valence-electron chi connectivity index (χ1n) is 7.14. The number of amides is 2. The van der Waals surface area contributed by atoms with Crippen LogP contribution in [0, 0.1) is 0 Å². The standard InChI is InChI=1S/C16H15N3O4/c1-10(11-8-17-18(2)9-11)7-14(20)23-19-15(21)12-5-3-4-6-13(12)16(19)22/h3-6,8-10H,7H2,1-2H3. The fourth-order valence-electron chi connectivity index (χ4n) is 2.45. The molecule has 0 saturated carbocycles. The Kier molecular flexibility index (Phi) is 3.69. The number of rotatable bonds is 4. The summed E-state index contributed by atoms with van der Waals surface area (Å²) in [5.74, 6) is -2.01. The predicted octanol–water partition coefficient (Wildman–Crippen LogP) is 1.67. The molecule has 0 saturated heterocycles. The van der Waals surface area contributed by atoms with Crippen LogP contribution in [0.25, 0.3) is 0 Å². The third kappa shape index (κ3) is 2.73. The van der Waals surface area contributed by atoms with Gasteiger partial charge in [0.25, 0.3) is 11.8 Å². The van der Waals surface area contributed by atoms with Gasteiger partial charge in [-0.2, -0.15) is 5.10 Å². The number of hydrogen-bond acceptors (Lipinski definition) is 5. The van der Waals surface area contributed by atoms with Crippen LogP contribution in [0.1, 0.15) is 45.5 Å². The van der Waals surface area contributed by atoms with E-state index >= 15 is 0 Å². The molecular weight excluding hydrogens is 298 g/mol. The number of carbonyl (C=O) groups is 3. The number of aryl methyl sites for hydroxylation is 1. The normalized spacial score (nSPS) is 14.8. The molecule has 0 radical (unpaired) electrons. The summed E-state index contributed by atoms with van der Waals surface area (Å²) in [7, 11) is 1.79. The zero-order chi connectivity index (χ0) is 16.6. The second-order valence-corrected chi connectivity index (χ2v) is 5.47. The number of benzene rings is 1. The van der Waals surface area contributed by atoms with Gasteiger partial charge in [-0.1, -0.05) is 24.1 Å². The van der Waals surface area contributed by atoms with Gasteiger partial charge in [0.05, 0.1) is 23.7 Å². The Morgan fingerprint density at radius 2 is 1.83 bits per heavy atom. The average molecular weight is 313 g/mol. The molecule has 2 aromatic rings. The summed E-state index contributed by atoms with van der Waals surface area (Å²) in [5.41, 5.74) is 1.36. The van der Waals surface area contributed by atoms with E-state index in [-0.39, 0.29) is 23.5 Å². The summed E-state index contributed by atoms with van der Waals surface area (Å²) in [6.07, 6.45) is 3.51. The molecule has 1 aliphatic heterocycles. The molecule has 0 N–H and O–H groups in total. The van der Waals surface area contributed by atoms with Crippen molar-refractivity contribution in [2.24, 2.45) is 7.05 Å². The van der Waals surface area contributed by atoms with Crippen molar-refractivity contribution in [1.82, 2.24) is 14.8 Å². The summed E-state index contributed by atoms with van der Waals surface area (Å²) in [4.78, 5) is 41.3. The minimum atomic E-state index is -0.643. The molecule has 1 aromatic heterocycles. The molecule has 3 rings (SSSR count). The van der Waals surface area contributed by atoms with E-state index in [0.717, 1.165) is 5.56 Å². The van der Waals surface area contributed by atoms with E-state index in [0.29, 0.717) is 5.06 Å². The molecule has 2 amide bonds. The zero-order valence-electron chi connectivity index (χ0n) is 12.7. The lowest BCUT2D eigenvalue weighted by Crippen LogP contribution is -2.33. The fraction of sp³-hybridized carbons (Fsp3) is 0.250. The van der Waals surface area contributed by atoms with E-state index in [1.165, 1.54) is 12.1 Å². The summed E-state index contributed by atoms with van der Waals surface area (Å²) >= 11 is 0. The van der Waals surface area contributed by atoms with Gasteiger partial charge < -0.3 is 4.84 Å². The molecule has 1 atom stereocenters. The van der Waals surface area contributed by atoms with Crippen LogP contribution in [0.4, 0.5) is 0 Å². The highest BCUT2D eigenvalue weighted by molar-refractivity contribution is 6.20. The fourth-order valence-corrected chi connectivity index (χ4v) is 2.45. The molecular formula is C16H15N3O4. The molecule has 0 fully saturated rings. The largest absolute Gasteiger partial charge is 0.333 e. The van der Waals surface area contributed by atoms with Crippen molar-refractivity contribution < 1.29 is 19.2 Å². The van der Waals surface area contributed by atoms with Crippen LogP contribution in [0.3, 0.4) is 0 Å². The first-order chi connectivity index (χ1) is 11.0. The van der Waals surface area contributed by atoms with Crippen LogP contribution >= 0.6 is 0 Å². The highest BCUT2D eigenvalue weighted by Gasteiger charge is 2.38. The van der Waals surface area contributed by atoms with Gasteiger partial charge in [0, 0.05) is 13.2 Å². The maximum Gasteiger partial charge on any atom is 0.333 e. The van der Waals surface area contributed by atoms with E-state index in [1.807, 2.05) is 6.92 Å². The van der Waals surface area contributed by atoms with Gasteiger partial charge in [-0.3, -0.25) is 14.3 Å². The van der Waals surface area contributed by atoms with Gasteiger partial charge in [-0.15, -0.1) is 0 Å². The third-order valence-electron chi connectivity index (χ3n) is 3.72. The molecule has 1 aliphatic rings. The van der Waals surface area contributed by atoms with Crippen molar-refractivity contribution >= 4 is 17.8 Å². The van der Waals surface area contributed by atoms with Gasteiger partial charge in [-0.25, -0.2) is 4.79 Å². The number of hydroxylamine groups is 2. The van der Waals surface area contributed by atoms with Gasteiger partial charge >= 0.3 is 5.97 Å². The molecule has 0 spiro atoms. The predicted molar refractivity (Wildman–Crippen MR) is 79.3 cm³/mol. The number of fused-ring (bicyclic) bond motifs is 1. The number of nitrogens with zero attached hydrogens (tertiary/aromatic N) is 3. The first-order valence-corrected chi connectivity index (χ1v) is 7.14. The molecule has 118 valence electrons. The van der Waals surface area contributed by atoms with Crippen molar-refractivity contribution in [3.05, 3.63) is 53.3 Å². The van der Waals surface area contributed by atoms with Gasteiger partial charge in [-0.05, 0) is 23.6 Å². The Morgan fingerprint density at radius 1 is 1.22 bits per heavy atom. The molecule has 23 heavy (non-hydrogen) atoms. The Labute approximate surface area is 132 Å². The SMILES string of the molecule is CC(CC(=O)ON1C(=O)c2ccccc2C1=O)c1cnn(C)c1. The maximum atomic E-state index is 12.1. The number of imide groups is 1. The summed E-state index contributed by atoms with van der Waals surface area (Å²) in [5, 5.41) is 4.58. The highest BCUT2D eigenvalue weighted by Crippen LogP contribution is 2.24. The Hall–Kier alpha value is -2.96. The lowest BCUT2D eigenvalue weighted by Gasteiger charge is -2.14. The molecule has 7 heteroatoms. The molecule has 7 nitrogen and oxygen atoms in total. The Morgan fingerprint density at radius 3 is 2.35 bits per heavy atom. The lowest BCUT2D eigenvalue weighted by atomic mass is 10.0. The second-order valence-electron chi connectivity index (χ2n) is 5.47. The molecule has 1 unspecified atom stereocenters. The van der Waals surface area contributed by atoms with Crippen molar-refractivity contribution in [3.8, 4) is 0 Å². The third-order valence-corrected chi connectivity index (χ3v) is 3.72. The second kappa shape index (κ2) is 5.68. The Bertz CT molecular complexity index is 761. The molecule has 0 bridgehead atoms. The summed E-state index contributed by atoms with van der Waals surface area (Å²) < 4.78 is 1.64. The van der Waals surface area contributed by atoms with Gasteiger partial charge in [0.15, 0.2) is 0 Å². The smallest absolute Gasteiger partial charge is 0.330 e. The van der Waals surface area contributed by atoms with Crippen LogP contribution in [0.5, 0.6) is 0 Å². The summed E-state index contributed by atoms with van der Waals surface area (Å²) in [6, 6.07) is 6.36. The van der Waals surface area contributed by atoms with Crippen molar-refractivity contribution in [1.29, 1.82) is 0 Å². The van der Waals surface area contributed by atoms with E-state index in [2.05, 4.69) is 5.10 Å². The lowest BCUT2D eigenvalue weighted by molar-refractivity contribution is -0.168. The van der Waals surface area contributed by atoms with Crippen molar-refractivity contribution in [2.45, 2.75) is 19.3 Å². The number of aromatic nitrogens is 2. The molecule has 2 heterocycles. The number of carbonyl (C=O) groups excluding carboxylic acids is 3. The summed E-state index contributed by atoms with van der Waals surface area (Å²) in [6.45, 7) is 1.85. The van der Waals surface area contributed by atoms with E-state index < -0.39 is 17.8 Å². The topological polar surface area (TPSA) is 81.5 Å². The van der Waals surface area contributed by atoms with Crippen LogP contribution < -0.4 is 0 Å². The van der Waals surface area contributed by atoms with Gasteiger partial charge in [0.1, 0.15) is 0 Å².